The molecule has 0 nitrogen and oxygen atoms in total. The Hall–Kier alpha value is 0.389. The van der Waals surface area contributed by atoms with E-state index in [1.165, 1.54) is 0 Å². The van der Waals surface area contributed by atoms with Gasteiger partial charge in [-0.1, -0.05) is 0 Å². The predicted molar refractivity (Wildman–Crippen MR) is 29.9 cm³/mol. The first-order valence-electron chi connectivity index (χ1n) is 1.91. The van der Waals surface area contributed by atoms with Gasteiger partial charge < -0.3 is 20.4 Å². The summed E-state index contributed by atoms with van der Waals surface area (Å²) in [5.74, 6) is 0. The zero-order chi connectivity index (χ0) is 5.41. The summed E-state index contributed by atoms with van der Waals surface area (Å²) in [6, 6.07) is 0. The normalized spacial score (nSPS) is 4.86. The summed E-state index contributed by atoms with van der Waals surface area (Å²) < 4.78 is 0. The first kappa shape index (κ1) is 15.7. The van der Waals surface area contributed by atoms with Gasteiger partial charge in [0.25, 0.3) is 0 Å². The van der Waals surface area contributed by atoms with Crippen LogP contribution in [-0.2, 0) is 20.1 Å². The molecule has 0 aliphatic rings. The quantitative estimate of drug-likeness (QED) is 0.643. The van der Waals surface area contributed by atoms with Crippen LogP contribution in [0.5, 0.6) is 0 Å². The molecule has 0 aromatic carbocycles. The molecule has 0 unspecified atom stereocenters. The maximum Gasteiger partial charge on any atom is 3.00 e. The molecule has 0 radical (unpaired) electrons. The molecule has 0 bridgehead atoms. The molecule has 0 aliphatic carbocycles. The smallest absolute Gasteiger partial charge is 0.521 e. The molecule has 0 amide bonds. The van der Waals surface area contributed by atoms with Crippen LogP contribution >= 0.6 is 0 Å². The molecule has 0 fully saturated rings. The van der Waals surface area contributed by atoms with Crippen molar-refractivity contribution in [2.75, 3.05) is 0 Å². The van der Waals surface area contributed by atoms with Crippen LogP contribution in [0.4, 0.5) is 0 Å². The van der Waals surface area contributed by atoms with E-state index in [9.17, 15) is 0 Å². The van der Waals surface area contributed by atoms with Crippen molar-refractivity contribution >= 4 is 0 Å². The molecule has 0 heterocycles. The van der Waals surface area contributed by atoms with Crippen LogP contribution in [0, 0.1) is 20.4 Å². The van der Waals surface area contributed by atoms with Crippen LogP contribution in [-0.4, -0.2) is 0 Å². The zero-order valence-electron chi connectivity index (χ0n) is 4.45. The van der Waals surface area contributed by atoms with Crippen molar-refractivity contribution in [3.05, 3.63) is 27.0 Å². The van der Waals surface area contributed by atoms with E-state index in [0.717, 1.165) is 12.8 Å². The Morgan fingerprint density at radius 3 is 1.29 bits per heavy atom. The maximum atomic E-state index is 4.25. The first-order chi connectivity index (χ1) is 2.91. The summed E-state index contributed by atoms with van der Waals surface area (Å²) in [6.45, 7) is 14.1. The Labute approximate surface area is 60.4 Å². The van der Waals surface area contributed by atoms with Gasteiger partial charge in [0.05, 0.1) is 0 Å². The summed E-state index contributed by atoms with van der Waals surface area (Å²) in [6.07, 6.45) is 1.92. The van der Waals surface area contributed by atoms with Crippen LogP contribution in [0.25, 0.3) is 0 Å². The third kappa shape index (κ3) is 63.8. The zero-order valence-corrected chi connectivity index (χ0v) is 6.84. The molecule has 44 valence electrons. The fourth-order valence-corrected chi connectivity index (χ4v) is 0. The van der Waals surface area contributed by atoms with Crippen LogP contribution in [0.2, 0.25) is 0 Å². The minimum Gasteiger partial charge on any atom is -0.521 e. The third-order valence-corrected chi connectivity index (χ3v) is 0.250. The predicted octanol–water partition coefficient (Wildman–Crippen LogP) is 2.04. The molecule has 7 heavy (non-hydrogen) atoms. The number of rotatable bonds is 1. The minimum absolute atomic E-state index is 0. The standard InChI is InChI=1S/C4H8.C2H3.Ir/c1-3-4-2;1-2;/h1-4H2;1H,2H2;/q-2;-1;+3. The molecule has 1 heteroatoms. The maximum absolute atomic E-state index is 4.25. The van der Waals surface area contributed by atoms with Gasteiger partial charge >= 0.3 is 20.1 Å². The summed E-state index contributed by atoms with van der Waals surface area (Å²) in [4.78, 5) is 0. The molecule has 0 spiro atoms. The van der Waals surface area contributed by atoms with Crippen LogP contribution in [0.1, 0.15) is 12.8 Å². The summed E-state index contributed by atoms with van der Waals surface area (Å²) in [5, 5.41) is 0. The average Bonchev–Trinajstić information content (AvgIpc) is 1.72. The van der Waals surface area contributed by atoms with Crippen molar-refractivity contribution in [2.45, 2.75) is 12.8 Å². The van der Waals surface area contributed by atoms with Gasteiger partial charge in [-0.05, 0) is 0 Å². The Bertz CT molecular complexity index is 11.7. The average molecular weight is 275 g/mol. The van der Waals surface area contributed by atoms with E-state index in [0.29, 0.717) is 0 Å². The second-order valence-corrected chi connectivity index (χ2v) is 0.707. The van der Waals surface area contributed by atoms with Gasteiger partial charge in [-0.2, -0.15) is 0 Å². The minimum atomic E-state index is 0. The Balaban J connectivity index is -0.0000000480. The topological polar surface area (TPSA) is 0 Å². The van der Waals surface area contributed by atoms with Gasteiger partial charge in [-0.25, -0.2) is 12.8 Å². The molecule has 0 aromatic rings. The van der Waals surface area contributed by atoms with E-state index in [4.69, 9.17) is 0 Å². The van der Waals surface area contributed by atoms with E-state index >= 15 is 0 Å². The molecule has 0 saturated carbocycles. The number of unbranched alkanes of at least 4 members (excludes halogenated alkanes) is 1. The van der Waals surface area contributed by atoms with Crippen molar-refractivity contribution in [3.63, 3.8) is 0 Å². The van der Waals surface area contributed by atoms with Crippen molar-refractivity contribution in [1.82, 2.24) is 0 Å². The monoisotopic (exact) mass is 276 g/mol. The van der Waals surface area contributed by atoms with Gasteiger partial charge in [0.2, 0.25) is 0 Å². The molecule has 0 rings (SSSR count). The molecule has 0 atom stereocenters. The molecular weight excluding hydrogens is 264 g/mol. The van der Waals surface area contributed by atoms with Crippen LogP contribution < -0.4 is 0 Å². The van der Waals surface area contributed by atoms with Gasteiger partial charge in [-0.3, -0.25) is 6.58 Å². The van der Waals surface area contributed by atoms with Crippen molar-refractivity contribution in [1.29, 1.82) is 0 Å². The van der Waals surface area contributed by atoms with Gasteiger partial charge in [0.15, 0.2) is 0 Å². The Morgan fingerprint density at radius 2 is 1.29 bits per heavy atom. The Morgan fingerprint density at radius 1 is 1.14 bits per heavy atom. The van der Waals surface area contributed by atoms with E-state index < -0.39 is 0 Å². The Kier molecular flexibility index (Phi) is 72.7. The SMILES string of the molecule is [CH-]=C.[CH2-]CC[CH2-].[Ir+3]. The third-order valence-electron chi connectivity index (χ3n) is 0.250. The molecule has 0 aliphatic heterocycles. The van der Waals surface area contributed by atoms with E-state index in [1.807, 2.05) is 0 Å². The summed E-state index contributed by atoms with van der Waals surface area (Å²) in [5.41, 5.74) is 0. The number of hydrogen-bond donors (Lipinski definition) is 0. The second kappa shape index (κ2) is 32.5. The number of hydrogen-bond acceptors (Lipinski definition) is 0. The van der Waals surface area contributed by atoms with Gasteiger partial charge in [0, 0.05) is 0 Å². The molecule has 0 N–H and O–H groups in total. The fraction of sp³-hybridized carbons (Fsp3) is 0.333. The van der Waals surface area contributed by atoms with Crippen molar-refractivity contribution in [3.8, 4) is 0 Å². The molecule has 0 aromatic heterocycles. The summed E-state index contributed by atoms with van der Waals surface area (Å²) in [7, 11) is 0. The fourth-order valence-electron chi connectivity index (χ4n) is 0. The van der Waals surface area contributed by atoms with Crippen LogP contribution in [0.3, 0.4) is 0 Å². The molecule has 0 saturated heterocycles. The molecular formula is C6H11Ir. The summed E-state index contributed by atoms with van der Waals surface area (Å²) >= 11 is 0. The van der Waals surface area contributed by atoms with Crippen molar-refractivity contribution < 1.29 is 20.1 Å². The van der Waals surface area contributed by atoms with E-state index in [-0.39, 0.29) is 20.1 Å². The van der Waals surface area contributed by atoms with Crippen molar-refractivity contribution in [2.24, 2.45) is 0 Å². The van der Waals surface area contributed by atoms with Crippen LogP contribution in [0.15, 0.2) is 6.58 Å². The van der Waals surface area contributed by atoms with Gasteiger partial charge in [-0.15, -0.1) is 0 Å². The first-order valence-corrected chi connectivity index (χ1v) is 1.91. The largest absolute Gasteiger partial charge is 3.00 e. The second-order valence-electron chi connectivity index (χ2n) is 0.707. The van der Waals surface area contributed by atoms with Gasteiger partial charge in [0.1, 0.15) is 0 Å². The van der Waals surface area contributed by atoms with E-state index in [1.54, 1.807) is 0 Å². The van der Waals surface area contributed by atoms with E-state index in [2.05, 4.69) is 27.0 Å².